The fourth-order valence-electron chi connectivity index (χ4n) is 1.30. The summed E-state index contributed by atoms with van der Waals surface area (Å²) in [6.45, 7) is 1.20. The maximum absolute atomic E-state index is 9.45. The van der Waals surface area contributed by atoms with E-state index >= 15 is 0 Å². The number of aliphatic carboxylic acids is 1. The summed E-state index contributed by atoms with van der Waals surface area (Å²) in [6.07, 6.45) is 2.27. The lowest BCUT2D eigenvalue weighted by molar-refractivity contribution is -0.145. The first-order valence-corrected chi connectivity index (χ1v) is 5.88. The van der Waals surface area contributed by atoms with Crippen molar-refractivity contribution in [3.8, 4) is 11.1 Å². The van der Waals surface area contributed by atoms with E-state index in [1.54, 1.807) is 12.4 Å². The first-order valence-electron chi connectivity index (χ1n) is 5.88. The minimum Gasteiger partial charge on any atom is -0.479 e. The normalized spacial score (nSPS) is 11.1. The maximum atomic E-state index is 9.45. The SMILES string of the molecule is CC(O)C(=O)O.Nc1ccc(-c2ccncc2)cc1N. The number of anilines is 2. The number of hydrogen-bond acceptors (Lipinski definition) is 5. The largest absolute Gasteiger partial charge is 0.479 e. The van der Waals surface area contributed by atoms with Gasteiger partial charge in [-0.1, -0.05) is 6.07 Å². The van der Waals surface area contributed by atoms with Crippen molar-refractivity contribution < 1.29 is 15.0 Å². The molecule has 0 aliphatic carbocycles. The maximum Gasteiger partial charge on any atom is 0.332 e. The van der Waals surface area contributed by atoms with Crippen molar-refractivity contribution in [1.82, 2.24) is 4.98 Å². The molecule has 0 saturated carbocycles. The fraction of sp³-hybridized carbons (Fsp3) is 0.143. The van der Waals surface area contributed by atoms with Crippen LogP contribution in [0.15, 0.2) is 42.7 Å². The first kappa shape index (κ1) is 15.5. The van der Waals surface area contributed by atoms with Gasteiger partial charge in [0.2, 0.25) is 0 Å². The Morgan fingerprint density at radius 2 is 1.65 bits per heavy atom. The third kappa shape index (κ3) is 4.58. The number of aliphatic hydroxyl groups is 1. The average molecular weight is 275 g/mol. The van der Waals surface area contributed by atoms with Gasteiger partial charge in [0.05, 0.1) is 11.4 Å². The van der Waals surface area contributed by atoms with Crippen LogP contribution >= 0.6 is 0 Å². The molecule has 106 valence electrons. The summed E-state index contributed by atoms with van der Waals surface area (Å²) >= 11 is 0. The molecule has 1 atom stereocenters. The summed E-state index contributed by atoms with van der Waals surface area (Å²) in [5, 5.41) is 15.8. The van der Waals surface area contributed by atoms with Crippen molar-refractivity contribution >= 4 is 17.3 Å². The molecular formula is C14H17N3O3. The summed E-state index contributed by atoms with van der Waals surface area (Å²) in [6, 6.07) is 9.49. The standard InChI is InChI=1S/C11H11N3.C3H6O3/c12-10-2-1-9(7-11(10)13)8-3-5-14-6-4-8;1-2(4)3(5)6/h1-7H,12-13H2;2,4H,1H3,(H,5,6). The van der Waals surface area contributed by atoms with Gasteiger partial charge in [-0.3, -0.25) is 4.98 Å². The third-order valence-corrected chi connectivity index (χ3v) is 2.46. The topological polar surface area (TPSA) is 122 Å². The van der Waals surface area contributed by atoms with E-state index in [1.807, 2.05) is 30.3 Å². The number of aliphatic hydroxyl groups excluding tert-OH is 1. The monoisotopic (exact) mass is 275 g/mol. The van der Waals surface area contributed by atoms with Gasteiger partial charge >= 0.3 is 5.97 Å². The highest BCUT2D eigenvalue weighted by Crippen LogP contribution is 2.24. The number of carboxylic acids is 1. The van der Waals surface area contributed by atoms with E-state index < -0.39 is 12.1 Å². The Kier molecular flexibility index (Phi) is 5.49. The number of aromatic nitrogens is 1. The van der Waals surface area contributed by atoms with Crippen LogP contribution in [0.25, 0.3) is 11.1 Å². The van der Waals surface area contributed by atoms with Gasteiger partial charge in [-0.15, -0.1) is 0 Å². The molecular weight excluding hydrogens is 258 g/mol. The first-order chi connectivity index (χ1) is 9.41. The Balaban J connectivity index is 0.000000286. The van der Waals surface area contributed by atoms with E-state index in [0.717, 1.165) is 11.1 Å². The van der Waals surface area contributed by atoms with Crippen LogP contribution in [0.2, 0.25) is 0 Å². The van der Waals surface area contributed by atoms with Gasteiger partial charge in [0.25, 0.3) is 0 Å². The molecule has 0 radical (unpaired) electrons. The van der Waals surface area contributed by atoms with E-state index in [2.05, 4.69) is 4.98 Å². The van der Waals surface area contributed by atoms with E-state index in [9.17, 15) is 4.79 Å². The van der Waals surface area contributed by atoms with Crippen LogP contribution in [0, 0.1) is 0 Å². The van der Waals surface area contributed by atoms with E-state index in [4.69, 9.17) is 21.7 Å². The molecule has 6 heteroatoms. The fourth-order valence-corrected chi connectivity index (χ4v) is 1.30. The van der Waals surface area contributed by atoms with Crippen molar-refractivity contribution in [3.63, 3.8) is 0 Å². The molecule has 20 heavy (non-hydrogen) atoms. The van der Waals surface area contributed by atoms with Gasteiger partial charge in [0, 0.05) is 12.4 Å². The van der Waals surface area contributed by atoms with E-state index in [0.29, 0.717) is 11.4 Å². The molecule has 6 nitrogen and oxygen atoms in total. The molecule has 1 aromatic carbocycles. The van der Waals surface area contributed by atoms with Gasteiger partial charge in [-0.05, 0) is 42.3 Å². The minimum absolute atomic E-state index is 0.610. The number of nitrogens with two attached hydrogens (primary N) is 2. The summed E-state index contributed by atoms with van der Waals surface area (Å²) in [5.74, 6) is -1.19. The van der Waals surface area contributed by atoms with E-state index in [-0.39, 0.29) is 0 Å². The Morgan fingerprint density at radius 1 is 1.10 bits per heavy atom. The molecule has 0 aliphatic rings. The molecule has 6 N–H and O–H groups in total. The Bertz CT molecular complexity index is 571. The number of pyridine rings is 1. The highest BCUT2D eigenvalue weighted by Gasteiger charge is 2.01. The number of carbonyl (C=O) groups is 1. The van der Waals surface area contributed by atoms with Gasteiger partial charge in [-0.2, -0.15) is 0 Å². The van der Waals surface area contributed by atoms with Gasteiger partial charge in [0.1, 0.15) is 6.10 Å². The molecule has 0 bridgehead atoms. The lowest BCUT2D eigenvalue weighted by atomic mass is 10.1. The van der Waals surface area contributed by atoms with Crippen LogP contribution < -0.4 is 11.5 Å². The van der Waals surface area contributed by atoms with Crippen LogP contribution in [0.1, 0.15) is 6.92 Å². The molecule has 1 heterocycles. The van der Waals surface area contributed by atoms with Crippen molar-refractivity contribution in [2.45, 2.75) is 13.0 Å². The third-order valence-electron chi connectivity index (χ3n) is 2.46. The second-order valence-electron chi connectivity index (χ2n) is 4.09. The Labute approximate surface area is 116 Å². The lowest BCUT2D eigenvalue weighted by Crippen LogP contribution is -2.13. The molecule has 2 aromatic rings. The van der Waals surface area contributed by atoms with Gasteiger partial charge < -0.3 is 21.7 Å². The highest BCUT2D eigenvalue weighted by molar-refractivity contribution is 5.74. The van der Waals surface area contributed by atoms with Crippen LogP contribution in [0.5, 0.6) is 0 Å². The minimum atomic E-state index is -1.23. The summed E-state index contributed by atoms with van der Waals surface area (Å²) in [4.78, 5) is 13.4. The zero-order chi connectivity index (χ0) is 15.1. The highest BCUT2D eigenvalue weighted by atomic mass is 16.4. The molecule has 0 aliphatic heterocycles. The Morgan fingerprint density at radius 3 is 2.10 bits per heavy atom. The smallest absolute Gasteiger partial charge is 0.332 e. The van der Waals surface area contributed by atoms with Crippen molar-refractivity contribution in [1.29, 1.82) is 0 Å². The predicted molar refractivity (Wildman–Crippen MR) is 77.8 cm³/mol. The second kappa shape index (κ2) is 7.10. The lowest BCUT2D eigenvalue weighted by Gasteiger charge is -2.04. The molecule has 0 amide bonds. The number of carboxylic acid groups (broad SMARTS) is 1. The molecule has 2 rings (SSSR count). The average Bonchev–Trinajstić information content (AvgIpc) is 2.43. The number of benzene rings is 1. The molecule has 0 spiro atoms. The predicted octanol–water partition coefficient (Wildman–Crippen LogP) is 1.36. The summed E-state index contributed by atoms with van der Waals surface area (Å²) in [7, 11) is 0. The number of rotatable bonds is 2. The molecule has 1 aromatic heterocycles. The van der Waals surface area contributed by atoms with Crippen LogP contribution in [0.4, 0.5) is 11.4 Å². The van der Waals surface area contributed by atoms with Crippen LogP contribution in [0.3, 0.4) is 0 Å². The second-order valence-corrected chi connectivity index (χ2v) is 4.09. The van der Waals surface area contributed by atoms with Crippen LogP contribution in [-0.4, -0.2) is 27.3 Å². The zero-order valence-electron chi connectivity index (χ0n) is 11.0. The molecule has 0 saturated heterocycles. The van der Waals surface area contributed by atoms with Gasteiger partial charge in [0.15, 0.2) is 0 Å². The van der Waals surface area contributed by atoms with Crippen molar-refractivity contribution in [3.05, 3.63) is 42.7 Å². The number of hydrogen-bond donors (Lipinski definition) is 4. The van der Waals surface area contributed by atoms with E-state index in [1.165, 1.54) is 6.92 Å². The zero-order valence-corrected chi connectivity index (χ0v) is 11.0. The molecule has 0 fully saturated rings. The van der Waals surface area contributed by atoms with Gasteiger partial charge in [-0.25, -0.2) is 4.79 Å². The summed E-state index contributed by atoms with van der Waals surface area (Å²) < 4.78 is 0. The number of nitrogens with zero attached hydrogens (tertiary/aromatic N) is 1. The van der Waals surface area contributed by atoms with Crippen molar-refractivity contribution in [2.75, 3.05) is 11.5 Å². The van der Waals surface area contributed by atoms with Crippen molar-refractivity contribution in [2.24, 2.45) is 0 Å². The molecule has 1 unspecified atom stereocenters. The Hall–Kier alpha value is -2.60. The summed E-state index contributed by atoms with van der Waals surface area (Å²) in [5.41, 5.74) is 14.7. The quantitative estimate of drug-likeness (QED) is 0.614. The number of nitrogen functional groups attached to an aromatic ring is 2. The van der Waals surface area contributed by atoms with Crippen LogP contribution in [-0.2, 0) is 4.79 Å².